The Labute approximate surface area is 101 Å². The third-order valence-electron chi connectivity index (χ3n) is 2.54. The molecule has 0 saturated carbocycles. The molecule has 1 aromatic carbocycles. The molecule has 0 bridgehead atoms. The first-order valence-electron chi connectivity index (χ1n) is 5.00. The van der Waals surface area contributed by atoms with Crippen LogP contribution in [-0.2, 0) is 0 Å². The second kappa shape index (κ2) is 5.98. The Kier molecular flexibility index (Phi) is 4.91. The van der Waals surface area contributed by atoms with Crippen LogP contribution in [0.5, 0.6) is 5.75 Å². The minimum Gasteiger partial charge on any atom is -0.497 e. The maximum Gasteiger partial charge on any atom is 0.120 e. The maximum absolute atomic E-state index is 5.20. The van der Waals surface area contributed by atoms with Gasteiger partial charge in [0.2, 0.25) is 0 Å². The first-order chi connectivity index (χ1) is 6.90. The Bertz CT molecular complexity index is 300. The predicted molar refractivity (Wildman–Crippen MR) is 68.4 cm³/mol. The molecule has 0 amide bonds. The summed E-state index contributed by atoms with van der Waals surface area (Å²) in [6.07, 6.45) is 0. The van der Waals surface area contributed by atoms with Crippen LogP contribution in [-0.4, -0.2) is 33.3 Å². The number of nitrogens with one attached hydrogen (secondary N) is 1. The monoisotopic (exact) mass is 272 g/mol. The lowest BCUT2D eigenvalue weighted by atomic mass is 10.2. The molecule has 0 aliphatic carbocycles. The zero-order valence-electron chi connectivity index (χ0n) is 8.90. The lowest BCUT2D eigenvalue weighted by molar-refractivity contribution is 0.414. The van der Waals surface area contributed by atoms with E-state index in [4.69, 9.17) is 4.74 Å². The largest absolute Gasteiger partial charge is 0.497 e. The molecule has 0 spiro atoms. The van der Waals surface area contributed by atoms with Gasteiger partial charge in [-0.05, 0) is 12.1 Å². The summed E-state index contributed by atoms with van der Waals surface area (Å²) in [5.74, 6) is 0.932. The maximum atomic E-state index is 5.20. The highest BCUT2D eigenvalue weighted by Crippen LogP contribution is 2.20. The Balaban J connectivity index is 0.00000112. The summed E-state index contributed by atoms with van der Waals surface area (Å²) in [5.41, 5.74) is 1.26. The quantitative estimate of drug-likeness (QED) is 0.887. The highest BCUT2D eigenvalue weighted by molar-refractivity contribution is 8.93. The van der Waals surface area contributed by atoms with Gasteiger partial charge in [0.15, 0.2) is 0 Å². The number of anilines is 1. The summed E-state index contributed by atoms with van der Waals surface area (Å²) >= 11 is 0. The van der Waals surface area contributed by atoms with E-state index in [1.165, 1.54) is 5.69 Å². The number of rotatable bonds is 2. The molecular formula is C11H17BrN2O. The Morgan fingerprint density at radius 3 is 2.67 bits per heavy atom. The van der Waals surface area contributed by atoms with Gasteiger partial charge in [-0.3, -0.25) is 0 Å². The Hall–Kier alpha value is -0.740. The van der Waals surface area contributed by atoms with Crippen molar-refractivity contribution in [3.8, 4) is 5.75 Å². The fourth-order valence-corrected chi connectivity index (χ4v) is 1.73. The van der Waals surface area contributed by atoms with Gasteiger partial charge in [-0.15, -0.1) is 17.0 Å². The van der Waals surface area contributed by atoms with Crippen molar-refractivity contribution in [3.63, 3.8) is 0 Å². The van der Waals surface area contributed by atoms with Crippen molar-refractivity contribution in [2.24, 2.45) is 0 Å². The van der Waals surface area contributed by atoms with Crippen LogP contribution in [0, 0.1) is 0 Å². The Morgan fingerprint density at radius 2 is 2.00 bits per heavy atom. The van der Waals surface area contributed by atoms with Crippen LogP contribution in [0.25, 0.3) is 0 Å². The first-order valence-corrected chi connectivity index (χ1v) is 5.00. The third kappa shape index (κ3) is 3.11. The molecule has 1 saturated heterocycles. The third-order valence-corrected chi connectivity index (χ3v) is 2.54. The second-order valence-corrected chi connectivity index (χ2v) is 3.44. The molecule has 0 unspecified atom stereocenters. The molecule has 1 heterocycles. The SMILES string of the molecule is Br.COc1cccc(N2CCNCC2)c1. The van der Waals surface area contributed by atoms with E-state index in [1.54, 1.807) is 7.11 Å². The summed E-state index contributed by atoms with van der Waals surface area (Å²) in [5, 5.41) is 3.34. The van der Waals surface area contributed by atoms with Gasteiger partial charge >= 0.3 is 0 Å². The highest BCUT2D eigenvalue weighted by atomic mass is 79.9. The minimum atomic E-state index is 0. The molecular weight excluding hydrogens is 256 g/mol. The summed E-state index contributed by atoms with van der Waals surface area (Å²) in [6.45, 7) is 4.29. The van der Waals surface area contributed by atoms with E-state index in [1.807, 2.05) is 12.1 Å². The van der Waals surface area contributed by atoms with E-state index in [0.717, 1.165) is 31.9 Å². The number of ether oxygens (including phenoxy) is 1. The van der Waals surface area contributed by atoms with Gasteiger partial charge in [0.25, 0.3) is 0 Å². The van der Waals surface area contributed by atoms with Gasteiger partial charge in [0.05, 0.1) is 7.11 Å². The van der Waals surface area contributed by atoms with Crippen molar-refractivity contribution in [1.82, 2.24) is 5.32 Å². The number of halogens is 1. The molecule has 1 aromatic rings. The van der Waals surface area contributed by atoms with Gasteiger partial charge in [-0.1, -0.05) is 6.07 Å². The van der Waals surface area contributed by atoms with E-state index in [2.05, 4.69) is 22.3 Å². The number of piperazine rings is 1. The van der Waals surface area contributed by atoms with Crippen molar-refractivity contribution < 1.29 is 4.74 Å². The first kappa shape index (κ1) is 12.3. The van der Waals surface area contributed by atoms with Crippen molar-refractivity contribution in [2.75, 3.05) is 38.2 Å². The van der Waals surface area contributed by atoms with Gasteiger partial charge in [0.1, 0.15) is 5.75 Å². The smallest absolute Gasteiger partial charge is 0.120 e. The number of hydrogen-bond donors (Lipinski definition) is 1. The van der Waals surface area contributed by atoms with Crippen molar-refractivity contribution >= 4 is 22.7 Å². The van der Waals surface area contributed by atoms with Gasteiger partial charge in [0, 0.05) is 37.9 Å². The summed E-state index contributed by atoms with van der Waals surface area (Å²) < 4.78 is 5.20. The van der Waals surface area contributed by atoms with E-state index in [-0.39, 0.29) is 17.0 Å². The van der Waals surface area contributed by atoms with Crippen molar-refractivity contribution in [1.29, 1.82) is 0 Å². The normalized spacial score (nSPS) is 15.7. The fourth-order valence-electron chi connectivity index (χ4n) is 1.73. The second-order valence-electron chi connectivity index (χ2n) is 3.44. The van der Waals surface area contributed by atoms with Crippen LogP contribution in [0.1, 0.15) is 0 Å². The van der Waals surface area contributed by atoms with E-state index < -0.39 is 0 Å². The highest BCUT2D eigenvalue weighted by Gasteiger charge is 2.10. The van der Waals surface area contributed by atoms with E-state index in [0.29, 0.717) is 0 Å². The fraction of sp³-hybridized carbons (Fsp3) is 0.455. The number of benzene rings is 1. The van der Waals surface area contributed by atoms with E-state index in [9.17, 15) is 0 Å². The molecule has 3 nitrogen and oxygen atoms in total. The molecule has 4 heteroatoms. The molecule has 1 N–H and O–H groups in total. The standard InChI is InChI=1S/C11H16N2O.BrH/c1-14-11-4-2-3-10(9-11)13-7-5-12-6-8-13;/h2-4,9,12H,5-8H2,1H3;1H. The summed E-state index contributed by atoms with van der Waals surface area (Å²) in [4.78, 5) is 2.37. The molecule has 2 rings (SSSR count). The minimum absolute atomic E-state index is 0. The number of hydrogen-bond acceptors (Lipinski definition) is 3. The van der Waals surface area contributed by atoms with Crippen LogP contribution in [0.2, 0.25) is 0 Å². The van der Waals surface area contributed by atoms with Gasteiger partial charge in [-0.25, -0.2) is 0 Å². The van der Waals surface area contributed by atoms with Crippen LogP contribution in [0.4, 0.5) is 5.69 Å². The molecule has 1 aliphatic heterocycles. The van der Waals surface area contributed by atoms with Crippen LogP contribution in [0.15, 0.2) is 24.3 Å². The molecule has 1 fully saturated rings. The van der Waals surface area contributed by atoms with Gasteiger partial charge < -0.3 is 15.0 Å². The zero-order chi connectivity index (χ0) is 9.80. The number of methoxy groups -OCH3 is 1. The van der Waals surface area contributed by atoms with Gasteiger partial charge in [-0.2, -0.15) is 0 Å². The Morgan fingerprint density at radius 1 is 1.27 bits per heavy atom. The lowest BCUT2D eigenvalue weighted by Crippen LogP contribution is -2.43. The van der Waals surface area contributed by atoms with Crippen LogP contribution < -0.4 is 15.0 Å². The molecule has 0 aromatic heterocycles. The average Bonchev–Trinajstić information content (AvgIpc) is 2.30. The van der Waals surface area contributed by atoms with Crippen molar-refractivity contribution in [2.45, 2.75) is 0 Å². The molecule has 0 radical (unpaired) electrons. The van der Waals surface area contributed by atoms with Crippen LogP contribution >= 0.6 is 17.0 Å². The topological polar surface area (TPSA) is 24.5 Å². The molecule has 84 valence electrons. The van der Waals surface area contributed by atoms with E-state index >= 15 is 0 Å². The van der Waals surface area contributed by atoms with Crippen LogP contribution in [0.3, 0.4) is 0 Å². The summed E-state index contributed by atoms with van der Waals surface area (Å²) in [6, 6.07) is 8.24. The lowest BCUT2D eigenvalue weighted by Gasteiger charge is -2.29. The number of nitrogens with zero attached hydrogens (tertiary/aromatic N) is 1. The zero-order valence-corrected chi connectivity index (χ0v) is 10.6. The predicted octanol–water partition coefficient (Wildman–Crippen LogP) is 1.68. The summed E-state index contributed by atoms with van der Waals surface area (Å²) in [7, 11) is 1.71. The molecule has 0 atom stereocenters. The average molecular weight is 273 g/mol. The molecule has 15 heavy (non-hydrogen) atoms. The van der Waals surface area contributed by atoms with Crippen molar-refractivity contribution in [3.05, 3.63) is 24.3 Å². The molecule has 1 aliphatic rings.